The summed E-state index contributed by atoms with van der Waals surface area (Å²) in [5.74, 6) is 0. The largest absolute Gasteiger partial charge is 1.00 e. The van der Waals surface area contributed by atoms with Gasteiger partial charge in [0.05, 0.1) is 18.3 Å². The Hall–Kier alpha value is 0.102. The van der Waals surface area contributed by atoms with Crippen LogP contribution in [0.1, 0.15) is 0 Å². The maximum absolute atomic E-state index is 9.16. The van der Waals surface area contributed by atoms with Crippen molar-refractivity contribution in [3.8, 4) is 0 Å². The van der Waals surface area contributed by atoms with Crippen molar-refractivity contribution in [2.45, 2.75) is 24.4 Å². The topological polar surface area (TPSA) is 188 Å². The SMILES string of the molecule is O=C([O-])[O-].O=[N+]([O-])[O-].O[C@@H]1CO[C@H]2[C@@H]1OC[C@@H]2O.[Li+].[Li+].[Li+]. The molecule has 2 aliphatic rings. The molecule has 2 heterocycles. The number of aliphatic hydroxyl groups excluding tert-OH is 2. The number of fused-ring (bicyclic) bond motifs is 1. The van der Waals surface area contributed by atoms with Crippen LogP contribution >= 0.6 is 0 Å². The summed E-state index contributed by atoms with van der Waals surface area (Å²) in [6.45, 7) is 0.568. The Morgan fingerprint density at radius 1 is 0.952 bits per heavy atom. The zero-order valence-corrected chi connectivity index (χ0v) is 11.8. The molecule has 0 aliphatic carbocycles. The summed E-state index contributed by atoms with van der Waals surface area (Å²) >= 11 is 0. The molecule has 0 aromatic heterocycles. The first kappa shape index (κ1) is 29.2. The number of hydrogen-bond acceptors (Lipinski definition) is 10. The molecule has 2 rings (SSSR count). The van der Waals surface area contributed by atoms with Crippen molar-refractivity contribution in [3.63, 3.8) is 0 Å². The van der Waals surface area contributed by atoms with Crippen molar-refractivity contribution in [3.05, 3.63) is 15.3 Å². The van der Waals surface area contributed by atoms with E-state index in [-0.39, 0.29) is 82.0 Å². The third kappa shape index (κ3) is 13.5. The molecule has 2 fully saturated rings. The second kappa shape index (κ2) is 15.0. The average Bonchev–Trinajstić information content (AvgIpc) is 2.70. The Kier molecular flexibility index (Phi) is 20.8. The summed E-state index contributed by atoms with van der Waals surface area (Å²) in [5.41, 5.74) is 0. The Labute approximate surface area is 155 Å². The van der Waals surface area contributed by atoms with Gasteiger partial charge in [-0.1, -0.05) is 0 Å². The van der Waals surface area contributed by atoms with E-state index in [1.54, 1.807) is 0 Å². The van der Waals surface area contributed by atoms with Crippen LogP contribution < -0.4 is 66.8 Å². The second-order valence-corrected chi connectivity index (χ2v) is 3.20. The summed E-state index contributed by atoms with van der Waals surface area (Å²) in [7, 11) is 0. The number of carbonyl (C=O) groups excluding carboxylic acids is 1. The molecule has 14 heteroatoms. The first-order valence-corrected chi connectivity index (χ1v) is 4.54. The van der Waals surface area contributed by atoms with Crippen LogP contribution in [-0.2, 0) is 9.47 Å². The smallest absolute Gasteiger partial charge is 0.652 e. The van der Waals surface area contributed by atoms with E-state index in [1.807, 2.05) is 0 Å². The molecule has 106 valence electrons. The van der Waals surface area contributed by atoms with Gasteiger partial charge in [0.15, 0.2) is 0 Å². The first-order chi connectivity index (χ1) is 8.25. The first-order valence-electron chi connectivity index (χ1n) is 4.54. The molecule has 0 aromatic carbocycles. The normalized spacial score (nSPS) is 27.7. The number of aliphatic hydroxyl groups is 2. The molecule has 0 spiro atoms. The quantitative estimate of drug-likeness (QED) is 0.246. The average molecular weight is 289 g/mol. The fourth-order valence-corrected chi connectivity index (χ4v) is 1.46. The summed E-state index contributed by atoms with van der Waals surface area (Å²) in [6.07, 6.45) is -4.03. The monoisotopic (exact) mass is 289 g/mol. The van der Waals surface area contributed by atoms with Gasteiger partial charge >= 0.3 is 56.6 Å². The summed E-state index contributed by atoms with van der Waals surface area (Å²) < 4.78 is 10.2. The fourth-order valence-electron chi connectivity index (χ4n) is 1.46. The van der Waals surface area contributed by atoms with Gasteiger partial charge in [-0.25, -0.2) is 0 Å². The Morgan fingerprint density at radius 3 is 1.33 bits per heavy atom. The Morgan fingerprint density at radius 2 is 1.14 bits per heavy atom. The standard InChI is InChI=1S/C6H10O4.CH2O3.3Li.NO3/c7-3-1-9-6-4(8)2-10-5(3)6;2-1(3)4;;;;2-1(3)4/h3-8H,1-2H2;(H2,2,3,4);;;;/q;;3*+1;-1/p-2/t3-,4+,5-,6-;;;;;/m1...../s1. The molecule has 21 heavy (non-hydrogen) atoms. The molecule has 2 N–H and O–H groups in total. The van der Waals surface area contributed by atoms with Crippen LogP contribution in [0.25, 0.3) is 0 Å². The second-order valence-electron chi connectivity index (χ2n) is 3.20. The molecular weight excluding hydrogens is 279 g/mol. The van der Waals surface area contributed by atoms with Crippen LogP contribution in [0.15, 0.2) is 0 Å². The van der Waals surface area contributed by atoms with Crippen molar-refractivity contribution < 1.29 is 96.4 Å². The minimum atomic E-state index is -2.33. The molecule has 0 aromatic rings. The van der Waals surface area contributed by atoms with Crippen molar-refractivity contribution in [2.75, 3.05) is 13.2 Å². The van der Waals surface area contributed by atoms with Gasteiger partial charge in [-0.05, 0) is 6.16 Å². The summed E-state index contributed by atoms with van der Waals surface area (Å²) in [6, 6.07) is 0. The fraction of sp³-hybridized carbons (Fsp3) is 0.857. The van der Waals surface area contributed by atoms with Gasteiger partial charge in [0.1, 0.15) is 24.4 Å². The van der Waals surface area contributed by atoms with Gasteiger partial charge in [-0.15, -0.1) is 0 Å². The van der Waals surface area contributed by atoms with Gasteiger partial charge in [0, 0.05) is 0 Å². The summed E-state index contributed by atoms with van der Waals surface area (Å²) in [5, 5.41) is 49.7. The molecule has 0 amide bonds. The van der Waals surface area contributed by atoms with Crippen molar-refractivity contribution in [1.82, 2.24) is 0 Å². The van der Waals surface area contributed by atoms with Crippen LogP contribution in [0.5, 0.6) is 0 Å². The zero-order chi connectivity index (χ0) is 14.3. The number of carboxylic acid groups (broad SMARTS) is 2. The van der Waals surface area contributed by atoms with Gasteiger partial charge in [0.2, 0.25) is 0 Å². The Balaban J connectivity index is -0.000000115. The summed E-state index contributed by atoms with van der Waals surface area (Å²) in [4.78, 5) is 16.6. The van der Waals surface area contributed by atoms with E-state index in [2.05, 4.69) is 0 Å². The number of carbonyl (C=O) groups is 1. The van der Waals surface area contributed by atoms with E-state index in [4.69, 9.17) is 50.0 Å². The molecule has 0 bridgehead atoms. The van der Waals surface area contributed by atoms with Crippen LogP contribution in [0.4, 0.5) is 4.79 Å². The number of nitrogens with zero attached hydrogens (tertiary/aromatic N) is 1. The number of ether oxygens (including phenoxy) is 2. The van der Waals surface area contributed by atoms with Crippen molar-refractivity contribution in [1.29, 1.82) is 0 Å². The van der Waals surface area contributed by atoms with E-state index >= 15 is 0 Å². The third-order valence-electron chi connectivity index (χ3n) is 2.00. The molecule has 2 aliphatic heterocycles. The maximum atomic E-state index is 9.16. The number of hydrogen-bond donors (Lipinski definition) is 2. The third-order valence-corrected chi connectivity index (χ3v) is 2.00. The van der Waals surface area contributed by atoms with Gasteiger partial charge in [0.25, 0.3) is 0 Å². The predicted molar refractivity (Wildman–Crippen MR) is 47.3 cm³/mol. The molecule has 0 radical (unpaired) electrons. The molecule has 0 saturated carbocycles. The van der Waals surface area contributed by atoms with E-state index < -0.39 is 23.4 Å². The maximum Gasteiger partial charge on any atom is 1.00 e. The molecule has 2 saturated heterocycles. The van der Waals surface area contributed by atoms with Gasteiger partial charge in [-0.2, -0.15) is 0 Å². The van der Waals surface area contributed by atoms with Crippen LogP contribution in [-0.4, -0.2) is 59.1 Å². The minimum absolute atomic E-state index is 0. The van der Waals surface area contributed by atoms with Gasteiger partial charge in [-0.3, -0.25) is 0 Å². The predicted octanol–water partition coefficient (Wildman–Crippen LogP) is -13.2. The van der Waals surface area contributed by atoms with Crippen molar-refractivity contribution in [2.24, 2.45) is 0 Å². The van der Waals surface area contributed by atoms with E-state index in [0.717, 1.165) is 0 Å². The molecular formula is C7H10Li3NO10. The van der Waals surface area contributed by atoms with E-state index in [1.165, 1.54) is 0 Å². The molecule has 11 nitrogen and oxygen atoms in total. The van der Waals surface area contributed by atoms with Crippen LogP contribution in [0.2, 0.25) is 0 Å². The minimum Gasteiger partial charge on any atom is -0.652 e. The van der Waals surface area contributed by atoms with Crippen LogP contribution in [0.3, 0.4) is 0 Å². The molecule has 4 atom stereocenters. The molecule has 0 unspecified atom stereocenters. The zero-order valence-electron chi connectivity index (χ0n) is 11.8. The van der Waals surface area contributed by atoms with Gasteiger partial charge < -0.3 is 50.0 Å². The Bertz CT molecular complexity index is 260. The number of rotatable bonds is 0. The van der Waals surface area contributed by atoms with E-state index in [0.29, 0.717) is 0 Å². The van der Waals surface area contributed by atoms with Crippen LogP contribution in [0, 0.1) is 15.3 Å². The van der Waals surface area contributed by atoms with E-state index in [9.17, 15) is 0 Å². The van der Waals surface area contributed by atoms with Crippen molar-refractivity contribution >= 4 is 6.16 Å².